The molecule has 1 saturated carbocycles. The molecule has 0 bridgehead atoms. The van der Waals surface area contributed by atoms with Crippen molar-refractivity contribution in [1.82, 2.24) is 14.2 Å². The SMILES string of the molecule is O=C1c2cccnc2C(=O)N1Cc1ccc(S(=O)(=O)N2CCCC3CCCCC32)cc1. The number of pyridine rings is 1. The van der Waals surface area contributed by atoms with Gasteiger partial charge in [0.1, 0.15) is 5.69 Å². The molecule has 1 aromatic carbocycles. The average molecular weight is 440 g/mol. The van der Waals surface area contributed by atoms with E-state index in [1.807, 2.05) is 0 Å². The zero-order chi connectivity index (χ0) is 21.6. The Balaban J connectivity index is 1.34. The normalized spacial score (nSPS) is 24.2. The van der Waals surface area contributed by atoms with Gasteiger partial charge >= 0.3 is 0 Å². The van der Waals surface area contributed by atoms with Gasteiger partial charge in [0.05, 0.1) is 17.0 Å². The van der Waals surface area contributed by atoms with E-state index in [-0.39, 0.29) is 29.1 Å². The highest BCUT2D eigenvalue weighted by Crippen LogP contribution is 2.38. The standard InChI is InChI=1S/C23H25N3O4S/c27-22-19-7-3-13-24-21(19)23(28)25(22)15-16-9-11-18(12-10-16)31(29,30)26-14-4-6-17-5-1-2-8-20(17)26/h3,7,9-13,17,20H,1-2,4-6,8,14-15H2. The molecule has 0 N–H and O–H groups in total. The summed E-state index contributed by atoms with van der Waals surface area (Å²) in [7, 11) is -3.57. The van der Waals surface area contributed by atoms with E-state index in [1.54, 1.807) is 40.7 Å². The molecule has 8 heteroatoms. The number of hydrogen-bond donors (Lipinski definition) is 0. The molecule has 1 aliphatic carbocycles. The number of sulfonamides is 1. The van der Waals surface area contributed by atoms with Crippen LogP contribution in [0.4, 0.5) is 0 Å². The average Bonchev–Trinajstić information content (AvgIpc) is 3.04. The molecule has 1 aromatic heterocycles. The van der Waals surface area contributed by atoms with Crippen LogP contribution in [0, 0.1) is 5.92 Å². The Bertz CT molecular complexity index is 1090. The summed E-state index contributed by atoms with van der Waals surface area (Å²) in [5, 5.41) is 0. The maximum Gasteiger partial charge on any atom is 0.280 e. The van der Waals surface area contributed by atoms with E-state index in [9.17, 15) is 18.0 Å². The number of benzene rings is 1. The van der Waals surface area contributed by atoms with Gasteiger partial charge in [-0.2, -0.15) is 4.31 Å². The number of amides is 2. The molecule has 2 unspecified atom stereocenters. The molecule has 2 fully saturated rings. The second kappa shape index (κ2) is 7.84. The number of carbonyl (C=O) groups excluding carboxylic acids is 2. The maximum absolute atomic E-state index is 13.3. The van der Waals surface area contributed by atoms with Gasteiger partial charge in [0.2, 0.25) is 10.0 Å². The van der Waals surface area contributed by atoms with Crippen molar-refractivity contribution in [2.24, 2.45) is 5.92 Å². The van der Waals surface area contributed by atoms with Gasteiger partial charge in [0.15, 0.2) is 0 Å². The first-order valence-corrected chi connectivity index (χ1v) is 12.3. The lowest BCUT2D eigenvalue weighted by Crippen LogP contribution is -2.49. The molecule has 0 spiro atoms. The number of imide groups is 1. The first kappa shape index (κ1) is 20.3. The summed E-state index contributed by atoms with van der Waals surface area (Å²) in [5.41, 5.74) is 1.17. The Morgan fingerprint density at radius 3 is 2.45 bits per heavy atom. The van der Waals surface area contributed by atoms with Crippen molar-refractivity contribution in [2.75, 3.05) is 6.54 Å². The van der Waals surface area contributed by atoms with E-state index in [1.165, 1.54) is 12.6 Å². The summed E-state index contributed by atoms with van der Waals surface area (Å²) in [4.78, 5) is 30.5. The van der Waals surface area contributed by atoms with E-state index in [0.29, 0.717) is 23.6 Å². The van der Waals surface area contributed by atoms with Crippen molar-refractivity contribution < 1.29 is 18.0 Å². The fourth-order valence-electron chi connectivity index (χ4n) is 5.22. The first-order valence-electron chi connectivity index (χ1n) is 10.9. The van der Waals surface area contributed by atoms with Crippen molar-refractivity contribution in [3.05, 3.63) is 59.4 Å². The molecule has 7 nitrogen and oxygen atoms in total. The number of piperidine rings is 1. The second-order valence-electron chi connectivity index (χ2n) is 8.61. The highest BCUT2D eigenvalue weighted by molar-refractivity contribution is 7.89. The molecule has 5 rings (SSSR count). The van der Waals surface area contributed by atoms with Crippen LogP contribution >= 0.6 is 0 Å². The van der Waals surface area contributed by atoms with Crippen LogP contribution in [-0.2, 0) is 16.6 Å². The van der Waals surface area contributed by atoms with Gasteiger partial charge in [-0.15, -0.1) is 0 Å². The van der Waals surface area contributed by atoms with Crippen LogP contribution < -0.4 is 0 Å². The van der Waals surface area contributed by atoms with Crippen LogP contribution in [0.3, 0.4) is 0 Å². The monoisotopic (exact) mass is 439 g/mol. The van der Waals surface area contributed by atoms with E-state index in [2.05, 4.69) is 4.98 Å². The highest BCUT2D eigenvalue weighted by atomic mass is 32.2. The summed E-state index contributed by atoms with van der Waals surface area (Å²) in [5.74, 6) is -0.325. The maximum atomic E-state index is 13.3. The van der Waals surface area contributed by atoms with Crippen molar-refractivity contribution >= 4 is 21.8 Å². The van der Waals surface area contributed by atoms with Crippen LogP contribution in [0.2, 0.25) is 0 Å². The smallest absolute Gasteiger partial charge is 0.268 e. The molecule has 3 heterocycles. The summed E-state index contributed by atoms with van der Waals surface area (Å²) in [6, 6.07) is 9.89. The molecular formula is C23H25N3O4S. The third-order valence-corrected chi connectivity index (χ3v) is 8.73. The largest absolute Gasteiger partial charge is 0.280 e. The number of hydrogen-bond acceptors (Lipinski definition) is 5. The Morgan fingerprint density at radius 1 is 0.935 bits per heavy atom. The number of aromatic nitrogens is 1. The van der Waals surface area contributed by atoms with Crippen LogP contribution in [0.1, 0.15) is 64.9 Å². The van der Waals surface area contributed by atoms with Crippen molar-refractivity contribution in [1.29, 1.82) is 0 Å². The Kier molecular flexibility index (Phi) is 5.14. The molecule has 2 aliphatic heterocycles. The Hall–Kier alpha value is -2.58. The number of nitrogens with zero attached hydrogens (tertiary/aromatic N) is 3. The van der Waals surface area contributed by atoms with Crippen LogP contribution in [-0.4, -0.2) is 47.0 Å². The highest BCUT2D eigenvalue weighted by Gasteiger charge is 2.40. The minimum Gasteiger partial charge on any atom is -0.268 e. The Labute approximate surface area is 182 Å². The summed E-state index contributed by atoms with van der Waals surface area (Å²) >= 11 is 0. The van der Waals surface area contributed by atoms with Gasteiger partial charge < -0.3 is 0 Å². The molecule has 3 aliphatic rings. The van der Waals surface area contributed by atoms with Crippen molar-refractivity contribution in [3.63, 3.8) is 0 Å². The van der Waals surface area contributed by atoms with Crippen LogP contribution in [0.25, 0.3) is 0 Å². The lowest BCUT2D eigenvalue weighted by molar-refractivity contribution is 0.0640. The number of fused-ring (bicyclic) bond motifs is 2. The molecule has 2 amide bonds. The molecule has 31 heavy (non-hydrogen) atoms. The Morgan fingerprint density at radius 2 is 1.68 bits per heavy atom. The van der Waals surface area contributed by atoms with E-state index in [0.717, 1.165) is 37.0 Å². The van der Waals surface area contributed by atoms with E-state index < -0.39 is 15.9 Å². The van der Waals surface area contributed by atoms with E-state index >= 15 is 0 Å². The van der Waals surface area contributed by atoms with Crippen molar-refractivity contribution in [2.45, 2.75) is 56.0 Å². The van der Waals surface area contributed by atoms with Gasteiger partial charge in [-0.25, -0.2) is 8.42 Å². The minimum absolute atomic E-state index is 0.0861. The molecule has 0 radical (unpaired) electrons. The lowest BCUT2D eigenvalue weighted by Gasteiger charge is -2.43. The van der Waals surface area contributed by atoms with Gasteiger partial charge in [-0.1, -0.05) is 25.0 Å². The van der Waals surface area contributed by atoms with Gasteiger partial charge in [0, 0.05) is 18.8 Å². The molecule has 2 atom stereocenters. The quantitative estimate of drug-likeness (QED) is 0.683. The predicted octanol–water partition coefficient (Wildman–Crippen LogP) is 3.22. The molecule has 162 valence electrons. The summed E-state index contributed by atoms with van der Waals surface area (Å²) < 4.78 is 28.4. The van der Waals surface area contributed by atoms with Crippen LogP contribution in [0.5, 0.6) is 0 Å². The van der Waals surface area contributed by atoms with Gasteiger partial charge in [-0.3, -0.25) is 19.5 Å². The summed E-state index contributed by atoms with van der Waals surface area (Å²) in [6.45, 7) is 0.663. The fourth-order valence-corrected chi connectivity index (χ4v) is 6.97. The minimum atomic E-state index is -3.57. The topological polar surface area (TPSA) is 87.6 Å². The van der Waals surface area contributed by atoms with Gasteiger partial charge in [0.25, 0.3) is 11.8 Å². The van der Waals surface area contributed by atoms with Crippen molar-refractivity contribution in [3.8, 4) is 0 Å². The van der Waals surface area contributed by atoms with Crippen LogP contribution in [0.15, 0.2) is 47.5 Å². The predicted molar refractivity (Wildman–Crippen MR) is 114 cm³/mol. The first-order chi connectivity index (χ1) is 15.0. The van der Waals surface area contributed by atoms with E-state index in [4.69, 9.17) is 0 Å². The lowest BCUT2D eigenvalue weighted by atomic mass is 9.79. The molecule has 2 aromatic rings. The molecule has 1 saturated heterocycles. The third kappa shape index (κ3) is 3.47. The number of rotatable bonds is 4. The zero-order valence-corrected chi connectivity index (χ0v) is 18.1. The number of carbonyl (C=O) groups is 2. The fraction of sp³-hybridized carbons (Fsp3) is 0.435. The molecular weight excluding hydrogens is 414 g/mol. The summed E-state index contributed by atoms with van der Waals surface area (Å²) in [6.07, 6.45) is 7.85. The third-order valence-electron chi connectivity index (χ3n) is 6.79. The second-order valence-corrected chi connectivity index (χ2v) is 10.5. The zero-order valence-electron chi connectivity index (χ0n) is 17.2. The van der Waals surface area contributed by atoms with Gasteiger partial charge in [-0.05, 0) is 61.4 Å².